The van der Waals surface area contributed by atoms with Crippen molar-refractivity contribution in [3.8, 4) is 0 Å². The second-order valence-electron chi connectivity index (χ2n) is 17.7. The summed E-state index contributed by atoms with van der Waals surface area (Å²) in [4.78, 5) is 108. The molecule has 8 amide bonds. The van der Waals surface area contributed by atoms with Crippen LogP contribution in [0.15, 0.2) is 76.6 Å². The number of aliphatic imine (C=N–C) groups is 1. The predicted octanol–water partition coefficient (Wildman–Crippen LogP) is 2.22. The van der Waals surface area contributed by atoms with Crippen LogP contribution in [0.1, 0.15) is 97.5 Å². The van der Waals surface area contributed by atoms with E-state index < -0.39 is 69.2 Å². The van der Waals surface area contributed by atoms with Gasteiger partial charge in [0.05, 0.1) is 38.7 Å². The molecule has 3 aliphatic rings. The van der Waals surface area contributed by atoms with Gasteiger partial charge in [0, 0.05) is 53.6 Å². The minimum atomic E-state index is -3.94. The highest BCUT2D eigenvalue weighted by Gasteiger charge is 2.42. The third-order valence-corrected chi connectivity index (χ3v) is 15.5. The number of benzene rings is 3. The largest absolute Gasteiger partial charge is 0.368 e. The number of hydrogen-bond acceptors (Lipinski definition) is 14. The molecule has 0 bridgehead atoms. The zero-order valence-corrected chi connectivity index (χ0v) is 41.4. The first-order valence-electron chi connectivity index (χ1n) is 23.9. The van der Waals surface area contributed by atoms with Crippen molar-refractivity contribution in [1.82, 2.24) is 46.8 Å². The van der Waals surface area contributed by atoms with Gasteiger partial charge in [0.15, 0.2) is 5.69 Å². The topological polar surface area (TPSA) is 360 Å². The molecule has 11 N–H and O–H groups in total. The van der Waals surface area contributed by atoms with E-state index in [-0.39, 0.29) is 81.2 Å². The van der Waals surface area contributed by atoms with Crippen LogP contribution in [-0.4, -0.2) is 125 Å². The maximum Gasteiger partial charge on any atom is 0.315 e. The number of fused-ring (bicyclic) bond motifs is 3. The molecule has 0 spiro atoms. The molecule has 0 aliphatic carbocycles. The van der Waals surface area contributed by atoms with Gasteiger partial charge in [-0.2, -0.15) is 16.9 Å². The molecular weight excluding hydrogens is 987 g/mol. The standard InChI is InChI=1S/C47H57N13O11S2/c1-2-3-14-33(51-42-28-13-5-8-18-37(28)73(70,71)59-42)44(64)50-24-34(54-43(63)27-12-4-6-15-30(27)52-46(66)39-29-23-26(60(68)69)20-21-31(29)57-58-39)45(65)53-32(41(48)62)16-10-11-22-49-38(61)19-9-7-17-36-40-35(25-72-36)55-47(67)56-40/h4-6,8,12-13,15,18,20-21,23,32-36,40H,2-3,7,9-11,14,16-17,19,22,24-25H2,1H3,(H2,48,62)(H,49,61)(H,50,64)(H,51,59)(H,52,66)(H,53,65)(H,54,63)(H,57,58)(H2,55,56,67)/t32?,33?,34?,35?,36-,40?/m0/s1. The van der Waals surface area contributed by atoms with Crippen LogP contribution in [0.3, 0.4) is 0 Å². The van der Waals surface area contributed by atoms with Gasteiger partial charge in [-0.25, -0.2) is 13.2 Å². The van der Waals surface area contributed by atoms with Crippen LogP contribution >= 0.6 is 11.8 Å². The Morgan fingerprint density at radius 1 is 0.904 bits per heavy atom. The minimum absolute atomic E-state index is 0.00552. The number of nitro groups is 1. The van der Waals surface area contributed by atoms with E-state index in [0.717, 1.165) is 18.6 Å². The number of primary amides is 1. The van der Waals surface area contributed by atoms with Crippen LogP contribution in [-0.2, 0) is 29.2 Å². The first kappa shape index (κ1) is 53.2. The van der Waals surface area contributed by atoms with Crippen molar-refractivity contribution < 1.29 is 46.9 Å². The molecule has 3 aliphatic heterocycles. The number of hydrogen-bond donors (Lipinski definition) is 10. The van der Waals surface area contributed by atoms with E-state index in [0.29, 0.717) is 55.8 Å². The molecule has 4 heterocycles. The normalized spacial score (nSPS) is 19.0. The highest BCUT2D eigenvalue weighted by atomic mass is 32.2. The van der Waals surface area contributed by atoms with E-state index in [1.807, 2.05) is 18.7 Å². The monoisotopic (exact) mass is 1040 g/mol. The van der Waals surface area contributed by atoms with Gasteiger partial charge in [-0.1, -0.05) is 50.5 Å². The summed E-state index contributed by atoms with van der Waals surface area (Å²) in [5, 5.41) is 37.7. The van der Waals surface area contributed by atoms with Gasteiger partial charge in [-0.3, -0.25) is 53.7 Å². The molecule has 0 saturated carbocycles. The van der Waals surface area contributed by atoms with Gasteiger partial charge in [-0.05, 0) is 68.9 Å². The van der Waals surface area contributed by atoms with Gasteiger partial charge >= 0.3 is 6.03 Å². The van der Waals surface area contributed by atoms with Crippen molar-refractivity contribution in [3.05, 3.63) is 93.7 Å². The van der Waals surface area contributed by atoms with Gasteiger partial charge < -0.3 is 43.0 Å². The number of urea groups is 1. The predicted molar refractivity (Wildman–Crippen MR) is 270 cm³/mol. The molecule has 0 radical (unpaired) electrons. The SMILES string of the molecule is CCCCC(N=C1NS(=O)(=O)c2ccccc21)C(=O)NCC(NC(=O)c1ccccc1NC(=O)c1n[nH]c2ccc([N+](=O)[O-])cc12)C(=O)NC(CCCCNC(=O)CCCC[C@@H]1SCC2NC(=O)NC21)C(N)=O. The maximum absolute atomic E-state index is 14.1. The molecule has 2 fully saturated rings. The third kappa shape index (κ3) is 13.5. The van der Waals surface area contributed by atoms with Gasteiger partial charge in [0.1, 0.15) is 24.0 Å². The van der Waals surface area contributed by atoms with Crippen LogP contribution < -0.4 is 47.7 Å². The van der Waals surface area contributed by atoms with Crippen LogP contribution in [0.25, 0.3) is 10.9 Å². The number of anilines is 1. The fourth-order valence-electron chi connectivity index (χ4n) is 8.68. The number of rotatable bonds is 25. The number of thioether (sulfide) groups is 1. The highest BCUT2D eigenvalue weighted by Crippen LogP contribution is 2.33. The molecule has 6 atom stereocenters. The Morgan fingerprint density at radius 2 is 1.68 bits per heavy atom. The van der Waals surface area contributed by atoms with E-state index in [9.17, 15) is 52.1 Å². The summed E-state index contributed by atoms with van der Waals surface area (Å²) in [5.74, 6) is -3.53. The molecule has 5 unspecified atom stereocenters. The van der Waals surface area contributed by atoms with Crippen LogP contribution in [0.2, 0.25) is 0 Å². The van der Waals surface area contributed by atoms with Crippen molar-refractivity contribution in [1.29, 1.82) is 0 Å². The lowest BCUT2D eigenvalue weighted by atomic mass is 10.0. The van der Waals surface area contributed by atoms with Crippen LogP contribution in [0.4, 0.5) is 16.2 Å². The molecular formula is C47H57N13O11S2. The summed E-state index contributed by atoms with van der Waals surface area (Å²) in [6.45, 7) is 1.64. The number of H-pyrrole nitrogens is 1. The molecule has 4 aromatic rings. The van der Waals surface area contributed by atoms with Crippen molar-refractivity contribution in [3.63, 3.8) is 0 Å². The molecule has 1 aromatic heterocycles. The molecule has 73 heavy (non-hydrogen) atoms. The maximum atomic E-state index is 14.1. The number of sulfonamides is 1. The van der Waals surface area contributed by atoms with Crippen molar-refractivity contribution >= 4 is 91.4 Å². The molecule has 3 aromatic carbocycles. The number of nitrogens with one attached hydrogen (secondary N) is 9. The Balaban J connectivity index is 1.00. The highest BCUT2D eigenvalue weighted by molar-refractivity contribution is 8.00. The van der Waals surface area contributed by atoms with E-state index >= 15 is 0 Å². The number of nitrogens with zero attached hydrogens (tertiary/aromatic N) is 3. The Morgan fingerprint density at radius 3 is 2.47 bits per heavy atom. The van der Waals surface area contributed by atoms with Crippen molar-refractivity contribution in [2.24, 2.45) is 10.7 Å². The first-order valence-corrected chi connectivity index (χ1v) is 26.4. The second-order valence-corrected chi connectivity index (χ2v) is 20.7. The summed E-state index contributed by atoms with van der Waals surface area (Å²) in [7, 11) is -3.94. The Labute approximate surface area is 423 Å². The lowest BCUT2D eigenvalue weighted by molar-refractivity contribution is -0.384. The summed E-state index contributed by atoms with van der Waals surface area (Å²) >= 11 is 1.82. The summed E-state index contributed by atoms with van der Waals surface area (Å²) < 4.78 is 28.1. The molecule has 7 rings (SSSR count). The zero-order chi connectivity index (χ0) is 52.2. The summed E-state index contributed by atoms with van der Waals surface area (Å²) in [6.07, 6.45) is 4.91. The molecule has 2 saturated heterocycles. The number of aromatic nitrogens is 2. The van der Waals surface area contributed by atoms with Crippen molar-refractivity contribution in [2.45, 2.75) is 111 Å². The number of non-ortho nitro benzene ring substituents is 1. The van der Waals surface area contributed by atoms with Gasteiger partial charge in [0.25, 0.3) is 27.5 Å². The number of amides is 8. The van der Waals surface area contributed by atoms with E-state index in [1.54, 1.807) is 18.2 Å². The number of carbonyl (C=O) groups is 7. The van der Waals surface area contributed by atoms with Crippen molar-refractivity contribution in [2.75, 3.05) is 24.2 Å². The smallest absolute Gasteiger partial charge is 0.315 e. The number of para-hydroxylation sites is 1. The van der Waals surface area contributed by atoms with E-state index in [2.05, 4.69) is 57.1 Å². The first-order chi connectivity index (χ1) is 35.0. The number of aromatic amines is 1. The fourth-order valence-corrected chi connectivity index (χ4v) is 11.5. The molecule has 24 nitrogen and oxygen atoms in total. The lowest BCUT2D eigenvalue weighted by Gasteiger charge is -2.23. The molecule has 388 valence electrons. The Kier molecular flexibility index (Phi) is 17.6. The minimum Gasteiger partial charge on any atom is -0.368 e. The Hall–Kier alpha value is -7.61. The zero-order valence-electron chi connectivity index (χ0n) is 39.7. The number of nitrogens with two attached hydrogens (primary N) is 1. The Bertz CT molecular complexity index is 2910. The quantitative estimate of drug-likeness (QED) is 0.0197. The number of carbonyl (C=O) groups excluding carboxylic acids is 7. The summed E-state index contributed by atoms with van der Waals surface area (Å²) in [5.41, 5.74) is 5.70. The number of amidine groups is 1. The third-order valence-electron chi connectivity index (χ3n) is 12.6. The number of unbranched alkanes of at least 4 members (excludes halogenated alkanes) is 3. The molecule has 26 heteroatoms. The lowest BCUT2D eigenvalue weighted by Crippen LogP contribution is -2.57. The average molecular weight is 1040 g/mol. The van der Waals surface area contributed by atoms with E-state index in [4.69, 9.17) is 5.73 Å². The van der Waals surface area contributed by atoms with Gasteiger partial charge in [-0.15, -0.1) is 0 Å². The number of nitro benzene ring substituents is 1. The van der Waals surface area contributed by atoms with Crippen LogP contribution in [0.5, 0.6) is 0 Å². The van der Waals surface area contributed by atoms with E-state index in [1.165, 1.54) is 48.5 Å². The van der Waals surface area contributed by atoms with Crippen LogP contribution in [0, 0.1) is 10.1 Å². The summed E-state index contributed by atoms with van der Waals surface area (Å²) in [6, 6.07) is 11.9. The van der Waals surface area contributed by atoms with Gasteiger partial charge in [0.2, 0.25) is 23.6 Å². The average Bonchev–Trinajstić information content (AvgIpc) is 4.13. The fraction of sp³-hybridized carbons (Fsp3) is 0.426. The second kappa shape index (κ2) is 24.2.